The van der Waals surface area contributed by atoms with E-state index in [4.69, 9.17) is 0 Å². The molecule has 23 heavy (non-hydrogen) atoms. The summed E-state index contributed by atoms with van der Waals surface area (Å²) in [6.45, 7) is 3.75. The Balaban J connectivity index is 1.82. The van der Waals surface area contributed by atoms with Crippen molar-refractivity contribution in [3.05, 3.63) is 54.1 Å². The molecule has 3 N–H and O–H groups in total. The van der Waals surface area contributed by atoms with Crippen LogP contribution in [-0.4, -0.2) is 18.4 Å². The summed E-state index contributed by atoms with van der Waals surface area (Å²) in [5, 5.41) is 8.56. The first kappa shape index (κ1) is 16.5. The van der Waals surface area contributed by atoms with E-state index in [1.807, 2.05) is 24.3 Å². The second-order valence-corrected chi connectivity index (χ2v) is 5.21. The first-order chi connectivity index (χ1) is 11.1. The maximum absolute atomic E-state index is 11.9. The van der Waals surface area contributed by atoms with Crippen LogP contribution in [0.15, 0.2) is 48.5 Å². The molecule has 0 saturated heterocycles. The molecule has 0 aliphatic heterocycles. The van der Waals surface area contributed by atoms with Crippen LogP contribution in [0, 0.1) is 0 Å². The number of aryl methyl sites for hydroxylation is 1. The van der Waals surface area contributed by atoms with Gasteiger partial charge in [0.25, 0.3) is 0 Å². The van der Waals surface area contributed by atoms with E-state index in [-0.39, 0.29) is 18.4 Å². The Morgan fingerprint density at radius 2 is 1.35 bits per heavy atom. The fourth-order valence-corrected chi connectivity index (χ4v) is 2.09. The van der Waals surface area contributed by atoms with Gasteiger partial charge in [-0.2, -0.15) is 0 Å². The third-order valence-electron chi connectivity index (χ3n) is 3.30. The van der Waals surface area contributed by atoms with Gasteiger partial charge in [0.2, 0.25) is 11.8 Å². The van der Waals surface area contributed by atoms with Gasteiger partial charge >= 0.3 is 0 Å². The van der Waals surface area contributed by atoms with Crippen LogP contribution >= 0.6 is 0 Å². The zero-order valence-corrected chi connectivity index (χ0v) is 13.3. The van der Waals surface area contributed by atoms with Gasteiger partial charge in [-0.1, -0.05) is 19.1 Å². The average molecular weight is 311 g/mol. The molecule has 2 rings (SSSR count). The first-order valence-corrected chi connectivity index (χ1v) is 7.57. The number of carbonyl (C=O) groups excluding carboxylic acids is 2. The number of anilines is 3. The van der Waals surface area contributed by atoms with Gasteiger partial charge in [0.15, 0.2) is 0 Å². The molecule has 0 unspecified atom stereocenters. The van der Waals surface area contributed by atoms with Gasteiger partial charge in [-0.25, -0.2) is 0 Å². The lowest BCUT2D eigenvalue weighted by Crippen LogP contribution is -2.21. The second kappa shape index (κ2) is 7.98. The molecule has 5 heteroatoms. The van der Waals surface area contributed by atoms with Gasteiger partial charge < -0.3 is 16.0 Å². The molecule has 120 valence electrons. The van der Waals surface area contributed by atoms with E-state index in [1.54, 1.807) is 24.3 Å². The van der Waals surface area contributed by atoms with Crippen molar-refractivity contribution < 1.29 is 9.59 Å². The highest BCUT2D eigenvalue weighted by Gasteiger charge is 2.03. The Hall–Kier alpha value is -2.82. The van der Waals surface area contributed by atoms with Crippen LogP contribution in [0.4, 0.5) is 17.1 Å². The summed E-state index contributed by atoms with van der Waals surface area (Å²) in [4.78, 5) is 22.9. The molecular formula is C18H21N3O2. The molecule has 0 aromatic heterocycles. The van der Waals surface area contributed by atoms with E-state index in [2.05, 4.69) is 22.9 Å². The van der Waals surface area contributed by atoms with E-state index in [0.717, 1.165) is 12.1 Å². The fraction of sp³-hybridized carbons (Fsp3) is 0.222. The molecule has 0 fully saturated rings. The number of benzene rings is 2. The van der Waals surface area contributed by atoms with Crippen LogP contribution in [0.25, 0.3) is 0 Å². The Kier molecular flexibility index (Phi) is 5.74. The molecule has 0 aliphatic carbocycles. The number of amides is 2. The van der Waals surface area contributed by atoms with E-state index >= 15 is 0 Å². The molecule has 0 saturated carbocycles. The lowest BCUT2D eigenvalue weighted by atomic mass is 10.1. The van der Waals surface area contributed by atoms with Crippen molar-refractivity contribution in [2.75, 3.05) is 22.5 Å². The average Bonchev–Trinajstić information content (AvgIpc) is 2.55. The summed E-state index contributed by atoms with van der Waals surface area (Å²) in [6.07, 6.45) is 0.995. The highest BCUT2D eigenvalue weighted by atomic mass is 16.2. The van der Waals surface area contributed by atoms with Gasteiger partial charge in [-0.15, -0.1) is 0 Å². The monoisotopic (exact) mass is 311 g/mol. The van der Waals surface area contributed by atoms with Crippen molar-refractivity contribution in [2.45, 2.75) is 20.3 Å². The summed E-state index contributed by atoms with van der Waals surface area (Å²) in [5.74, 6) is -0.253. The highest BCUT2D eigenvalue weighted by Crippen LogP contribution is 2.14. The maximum Gasteiger partial charge on any atom is 0.243 e. The summed E-state index contributed by atoms with van der Waals surface area (Å²) in [7, 11) is 0. The fourth-order valence-electron chi connectivity index (χ4n) is 2.09. The molecule has 0 spiro atoms. The lowest BCUT2D eigenvalue weighted by Gasteiger charge is -2.09. The molecule has 0 bridgehead atoms. The number of hydrogen-bond acceptors (Lipinski definition) is 3. The molecule has 2 amide bonds. The van der Waals surface area contributed by atoms with Crippen molar-refractivity contribution in [1.82, 2.24) is 0 Å². The van der Waals surface area contributed by atoms with Crippen LogP contribution in [0.1, 0.15) is 19.4 Å². The summed E-state index contributed by atoms with van der Waals surface area (Å²) in [6, 6.07) is 15.0. The lowest BCUT2D eigenvalue weighted by molar-refractivity contribution is -0.115. The van der Waals surface area contributed by atoms with E-state index in [0.29, 0.717) is 11.4 Å². The minimum Gasteiger partial charge on any atom is -0.376 e. The third-order valence-corrected chi connectivity index (χ3v) is 3.30. The molecule has 0 heterocycles. The molecule has 0 aliphatic rings. The maximum atomic E-state index is 11.9. The van der Waals surface area contributed by atoms with E-state index in [1.165, 1.54) is 12.5 Å². The van der Waals surface area contributed by atoms with Crippen molar-refractivity contribution in [2.24, 2.45) is 0 Å². The molecular weight excluding hydrogens is 290 g/mol. The quantitative estimate of drug-likeness (QED) is 0.767. The number of carbonyl (C=O) groups is 2. The predicted molar refractivity (Wildman–Crippen MR) is 93.7 cm³/mol. The Bertz CT molecular complexity index is 664. The van der Waals surface area contributed by atoms with Crippen LogP contribution in [0.5, 0.6) is 0 Å². The highest BCUT2D eigenvalue weighted by molar-refractivity contribution is 5.94. The van der Waals surface area contributed by atoms with Crippen LogP contribution in [-0.2, 0) is 16.0 Å². The predicted octanol–water partition coefficient (Wildman–Crippen LogP) is 3.26. The largest absolute Gasteiger partial charge is 0.376 e. The van der Waals surface area contributed by atoms with Crippen molar-refractivity contribution >= 4 is 28.9 Å². The molecule has 2 aromatic rings. The summed E-state index contributed by atoms with van der Waals surface area (Å²) in [5.41, 5.74) is 3.56. The topological polar surface area (TPSA) is 70.2 Å². The molecule has 0 atom stereocenters. The summed E-state index contributed by atoms with van der Waals surface area (Å²) < 4.78 is 0. The van der Waals surface area contributed by atoms with E-state index < -0.39 is 0 Å². The first-order valence-electron chi connectivity index (χ1n) is 7.57. The van der Waals surface area contributed by atoms with Gasteiger partial charge in [0.05, 0.1) is 6.54 Å². The Morgan fingerprint density at radius 3 is 1.87 bits per heavy atom. The summed E-state index contributed by atoms with van der Waals surface area (Å²) >= 11 is 0. The van der Waals surface area contributed by atoms with Gasteiger partial charge in [-0.3, -0.25) is 9.59 Å². The van der Waals surface area contributed by atoms with Crippen molar-refractivity contribution in [1.29, 1.82) is 0 Å². The Labute approximate surface area is 136 Å². The number of hydrogen-bond donors (Lipinski definition) is 3. The molecule has 2 aromatic carbocycles. The smallest absolute Gasteiger partial charge is 0.243 e. The van der Waals surface area contributed by atoms with Gasteiger partial charge in [0.1, 0.15) is 0 Å². The molecule has 0 radical (unpaired) electrons. The minimum absolute atomic E-state index is 0.125. The third kappa shape index (κ3) is 5.47. The van der Waals surface area contributed by atoms with Crippen LogP contribution in [0.3, 0.4) is 0 Å². The molecule has 5 nitrogen and oxygen atoms in total. The second-order valence-electron chi connectivity index (χ2n) is 5.21. The Morgan fingerprint density at radius 1 is 0.826 bits per heavy atom. The van der Waals surface area contributed by atoms with Crippen molar-refractivity contribution in [3.63, 3.8) is 0 Å². The number of nitrogens with one attached hydrogen (secondary N) is 3. The zero-order chi connectivity index (χ0) is 16.7. The normalized spacial score (nSPS) is 10.0. The van der Waals surface area contributed by atoms with Crippen molar-refractivity contribution in [3.8, 4) is 0 Å². The minimum atomic E-state index is -0.128. The number of rotatable bonds is 6. The van der Waals surface area contributed by atoms with Crippen LogP contribution in [0.2, 0.25) is 0 Å². The SMILES string of the molecule is CCc1ccc(NCC(=O)Nc2ccc(NC(C)=O)cc2)cc1. The standard InChI is InChI=1S/C18H21N3O2/c1-3-14-4-6-15(7-5-14)19-12-18(23)21-17-10-8-16(9-11-17)20-13(2)22/h4-11,19H,3,12H2,1-2H3,(H,20,22)(H,21,23). The van der Waals surface area contributed by atoms with Gasteiger partial charge in [-0.05, 0) is 48.4 Å². The van der Waals surface area contributed by atoms with Gasteiger partial charge in [0, 0.05) is 24.0 Å². The zero-order valence-electron chi connectivity index (χ0n) is 13.3. The van der Waals surface area contributed by atoms with Crippen LogP contribution < -0.4 is 16.0 Å². The van der Waals surface area contributed by atoms with E-state index in [9.17, 15) is 9.59 Å².